The third kappa shape index (κ3) is 2.47. The Morgan fingerprint density at radius 1 is 1.38 bits per heavy atom. The van der Waals surface area contributed by atoms with Gasteiger partial charge >= 0.3 is 0 Å². The van der Waals surface area contributed by atoms with Crippen molar-refractivity contribution >= 4 is 11.6 Å². The Morgan fingerprint density at radius 2 is 2.06 bits per heavy atom. The number of aromatic hydroxyl groups is 1. The zero-order valence-corrected chi connectivity index (χ0v) is 9.73. The van der Waals surface area contributed by atoms with Crippen LogP contribution in [0.4, 0.5) is 4.39 Å². The van der Waals surface area contributed by atoms with Crippen LogP contribution in [0.3, 0.4) is 0 Å². The highest BCUT2D eigenvalue weighted by molar-refractivity contribution is 6.32. The molecule has 1 heterocycles. The number of nitrogens with one attached hydrogen (secondary N) is 1. The molecular weight excluding hydrogens is 229 g/mol. The third-order valence-corrected chi connectivity index (χ3v) is 3.54. The van der Waals surface area contributed by atoms with Crippen molar-refractivity contribution in [3.05, 3.63) is 28.5 Å². The molecule has 1 saturated heterocycles. The topological polar surface area (TPSA) is 32.3 Å². The Labute approximate surface area is 99.4 Å². The first-order valence-electron chi connectivity index (χ1n) is 5.55. The van der Waals surface area contributed by atoms with Gasteiger partial charge in [-0.05, 0) is 50.4 Å². The summed E-state index contributed by atoms with van der Waals surface area (Å²) in [6.45, 7) is 1.95. The van der Waals surface area contributed by atoms with Crippen LogP contribution in [0.5, 0.6) is 5.75 Å². The Kier molecular flexibility index (Phi) is 3.66. The summed E-state index contributed by atoms with van der Waals surface area (Å²) in [6, 6.07) is 2.57. The zero-order valence-electron chi connectivity index (χ0n) is 8.97. The molecule has 1 aliphatic rings. The van der Waals surface area contributed by atoms with Crippen LogP contribution in [-0.2, 0) is 6.42 Å². The van der Waals surface area contributed by atoms with Gasteiger partial charge in [-0.15, -0.1) is 0 Å². The molecule has 16 heavy (non-hydrogen) atoms. The van der Waals surface area contributed by atoms with Gasteiger partial charge < -0.3 is 10.4 Å². The van der Waals surface area contributed by atoms with E-state index in [0.29, 0.717) is 17.9 Å². The van der Waals surface area contributed by atoms with E-state index in [1.807, 2.05) is 0 Å². The van der Waals surface area contributed by atoms with Crippen molar-refractivity contribution in [1.29, 1.82) is 0 Å². The summed E-state index contributed by atoms with van der Waals surface area (Å²) in [5.74, 6) is 0.100. The van der Waals surface area contributed by atoms with E-state index < -0.39 is 0 Å². The van der Waals surface area contributed by atoms with E-state index in [1.165, 1.54) is 12.1 Å². The van der Waals surface area contributed by atoms with E-state index in [4.69, 9.17) is 11.6 Å². The fourth-order valence-corrected chi connectivity index (χ4v) is 2.38. The molecule has 0 radical (unpaired) electrons. The van der Waals surface area contributed by atoms with Crippen molar-refractivity contribution in [2.75, 3.05) is 13.1 Å². The van der Waals surface area contributed by atoms with Gasteiger partial charge in [-0.2, -0.15) is 0 Å². The molecule has 0 atom stereocenters. The first kappa shape index (κ1) is 11.7. The lowest BCUT2D eigenvalue weighted by atomic mass is 9.90. The number of rotatable bonds is 2. The number of piperidine rings is 1. The van der Waals surface area contributed by atoms with Crippen LogP contribution < -0.4 is 5.32 Å². The zero-order chi connectivity index (χ0) is 11.5. The van der Waals surface area contributed by atoms with E-state index in [-0.39, 0.29) is 16.6 Å². The van der Waals surface area contributed by atoms with Crippen molar-refractivity contribution in [3.8, 4) is 5.75 Å². The van der Waals surface area contributed by atoms with E-state index >= 15 is 0 Å². The number of phenolic OH excluding ortho intramolecular Hbond substituents is 1. The minimum atomic E-state index is -0.318. The number of phenols is 1. The number of benzene rings is 1. The fourth-order valence-electron chi connectivity index (χ4n) is 2.15. The van der Waals surface area contributed by atoms with Crippen LogP contribution in [0, 0.1) is 11.7 Å². The Morgan fingerprint density at radius 3 is 2.75 bits per heavy atom. The molecule has 88 valence electrons. The molecule has 0 saturated carbocycles. The molecule has 1 fully saturated rings. The van der Waals surface area contributed by atoms with E-state index in [2.05, 4.69) is 5.32 Å². The molecule has 0 bridgehead atoms. The van der Waals surface area contributed by atoms with Crippen LogP contribution in [0.1, 0.15) is 18.4 Å². The lowest BCUT2D eigenvalue weighted by Gasteiger charge is -2.23. The van der Waals surface area contributed by atoms with E-state index in [0.717, 1.165) is 25.9 Å². The van der Waals surface area contributed by atoms with Gasteiger partial charge in [0.05, 0.1) is 5.02 Å². The second-order valence-electron chi connectivity index (χ2n) is 4.26. The lowest BCUT2D eigenvalue weighted by Crippen LogP contribution is -2.28. The van der Waals surface area contributed by atoms with Crippen molar-refractivity contribution in [3.63, 3.8) is 0 Å². The maximum absolute atomic E-state index is 13.6. The summed E-state index contributed by atoms with van der Waals surface area (Å²) >= 11 is 5.91. The highest BCUT2D eigenvalue weighted by Gasteiger charge is 2.18. The van der Waals surface area contributed by atoms with Gasteiger partial charge in [0.25, 0.3) is 0 Å². The van der Waals surface area contributed by atoms with Gasteiger partial charge in [-0.25, -0.2) is 4.39 Å². The molecule has 2 N–H and O–H groups in total. The molecule has 2 rings (SSSR count). The largest absolute Gasteiger partial charge is 0.506 e. The molecule has 1 aliphatic heterocycles. The third-order valence-electron chi connectivity index (χ3n) is 3.12. The monoisotopic (exact) mass is 243 g/mol. The molecule has 0 spiro atoms. The van der Waals surface area contributed by atoms with Crippen molar-refractivity contribution in [1.82, 2.24) is 5.32 Å². The molecule has 4 heteroatoms. The Bertz CT molecular complexity index is 378. The van der Waals surface area contributed by atoms with Crippen molar-refractivity contribution < 1.29 is 9.50 Å². The van der Waals surface area contributed by atoms with Gasteiger partial charge in [0.15, 0.2) is 0 Å². The summed E-state index contributed by atoms with van der Waals surface area (Å²) in [5, 5.41) is 12.9. The van der Waals surface area contributed by atoms with Gasteiger partial charge in [-0.3, -0.25) is 0 Å². The smallest absolute Gasteiger partial charge is 0.134 e. The average molecular weight is 244 g/mol. The second kappa shape index (κ2) is 5.02. The molecular formula is C12H15ClFNO. The van der Waals surface area contributed by atoms with Crippen LogP contribution in [0.2, 0.25) is 5.02 Å². The van der Waals surface area contributed by atoms with Crippen LogP contribution in [0.15, 0.2) is 12.1 Å². The second-order valence-corrected chi connectivity index (χ2v) is 4.63. The number of hydrogen-bond donors (Lipinski definition) is 2. The fraction of sp³-hybridized carbons (Fsp3) is 0.500. The van der Waals surface area contributed by atoms with Gasteiger partial charge in [0.1, 0.15) is 11.6 Å². The summed E-state index contributed by atoms with van der Waals surface area (Å²) in [7, 11) is 0. The van der Waals surface area contributed by atoms with Gasteiger partial charge in [-0.1, -0.05) is 11.6 Å². The summed E-state index contributed by atoms with van der Waals surface area (Å²) in [4.78, 5) is 0. The lowest BCUT2D eigenvalue weighted by molar-refractivity contribution is 0.367. The predicted octanol–water partition coefficient (Wildman–Crippen LogP) is 2.73. The van der Waals surface area contributed by atoms with E-state index in [9.17, 15) is 9.50 Å². The van der Waals surface area contributed by atoms with E-state index in [1.54, 1.807) is 0 Å². The molecule has 1 aromatic rings. The Balaban J connectivity index is 2.16. The molecule has 0 unspecified atom stereocenters. The highest BCUT2D eigenvalue weighted by Crippen LogP contribution is 2.32. The Hall–Kier alpha value is -0.800. The molecule has 0 amide bonds. The quantitative estimate of drug-likeness (QED) is 0.837. The predicted molar refractivity (Wildman–Crippen MR) is 62.4 cm³/mol. The van der Waals surface area contributed by atoms with Crippen molar-refractivity contribution in [2.24, 2.45) is 5.92 Å². The first-order valence-corrected chi connectivity index (χ1v) is 5.93. The number of halogens is 2. The average Bonchev–Trinajstić information content (AvgIpc) is 2.31. The summed E-state index contributed by atoms with van der Waals surface area (Å²) < 4.78 is 13.6. The minimum Gasteiger partial charge on any atom is -0.506 e. The number of hydrogen-bond acceptors (Lipinski definition) is 2. The van der Waals surface area contributed by atoms with Crippen molar-refractivity contribution in [2.45, 2.75) is 19.3 Å². The maximum atomic E-state index is 13.6. The van der Waals surface area contributed by atoms with Crippen LogP contribution >= 0.6 is 11.6 Å². The SMILES string of the molecule is Oc1ccc(F)c(CC2CCNCC2)c1Cl. The van der Waals surface area contributed by atoms with Gasteiger partial charge in [0.2, 0.25) is 0 Å². The maximum Gasteiger partial charge on any atom is 0.134 e. The normalized spacial score (nSPS) is 17.6. The molecule has 0 aromatic heterocycles. The minimum absolute atomic E-state index is 0.0352. The molecule has 1 aromatic carbocycles. The van der Waals surface area contributed by atoms with Crippen LogP contribution in [-0.4, -0.2) is 18.2 Å². The molecule has 2 nitrogen and oxygen atoms in total. The highest BCUT2D eigenvalue weighted by atomic mass is 35.5. The summed E-state index contributed by atoms with van der Waals surface area (Å²) in [6.07, 6.45) is 2.68. The van der Waals surface area contributed by atoms with Crippen LogP contribution in [0.25, 0.3) is 0 Å². The summed E-state index contributed by atoms with van der Waals surface area (Å²) in [5.41, 5.74) is 0.452. The standard InChI is InChI=1S/C12H15ClFNO/c13-12-9(10(14)1-2-11(12)16)7-8-3-5-15-6-4-8/h1-2,8,15-16H,3-7H2. The van der Waals surface area contributed by atoms with Gasteiger partial charge in [0, 0.05) is 5.56 Å². The first-order chi connectivity index (χ1) is 7.68. The molecule has 0 aliphatic carbocycles.